The second kappa shape index (κ2) is 5.89. The summed E-state index contributed by atoms with van der Waals surface area (Å²) in [6.45, 7) is 2.07. The number of halogens is 1. The molecular formula is C14H14ClNO3. The van der Waals surface area contributed by atoms with Gasteiger partial charge in [-0.1, -0.05) is 12.1 Å². The van der Waals surface area contributed by atoms with E-state index >= 15 is 0 Å². The summed E-state index contributed by atoms with van der Waals surface area (Å²) in [4.78, 5) is 25.7. The van der Waals surface area contributed by atoms with Crippen LogP contribution in [0.1, 0.15) is 33.3 Å². The predicted molar refractivity (Wildman–Crippen MR) is 74.1 cm³/mol. The molecule has 19 heavy (non-hydrogen) atoms. The molecule has 0 fully saturated rings. The number of aldehydes is 1. The van der Waals surface area contributed by atoms with E-state index in [4.69, 9.17) is 16.3 Å². The first-order chi connectivity index (χ1) is 9.21. The number of hydrogen-bond acceptors (Lipinski definition) is 3. The minimum Gasteiger partial charge on any atom is -0.461 e. The number of fused-ring (bicyclic) bond motifs is 1. The maximum atomic E-state index is 11.9. The quantitative estimate of drug-likeness (QED) is 0.520. The van der Waals surface area contributed by atoms with Crippen LogP contribution in [0.25, 0.3) is 10.9 Å². The van der Waals surface area contributed by atoms with E-state index in [1.54, 1.807) is 19.1 Å². The first-order valence-electron chi connectivity index (χ1n) is 6.04. The van der Waals surface area contributed by atoms with Crippen LogP contribution in [-0.4, -0.2) is 29.7 Å². The lowest BCUT2D eigenvalue weighted by molar-refractivity contribution is 0.0519. The molecule has 0 atom stereocenters. The fraction of sp³-hybridized carbons (Fsp3) is 0.286. The van der Waals surface area contributed by atoms with Crippen LogP contribution in [0.3, 0.4) is 0 Å². The third-order valence-corrected chi connectivity index (χ3v) is 3.08. The van der Waals surface area contributed by atoms with Crippen LogP contribution in [0.5, 0.6) is 0 Å². The average molecular weight is 280 g/mol. The van der Waals surface area contributed by atoms with Crippen molar-refractivity contribution >= 4 is 34.8 Å². The average Bonchev–Trinajstić information content (AvgIpc) is 2.77. The second-order valence-corrected chi connectivity index (χ2v) is 4.44. The van der Waals surface area contributed by atoms with Crippen LogP contribution < -0.4 is 0 Å². The van der Waals surface area contributed by atoms with Gasteiger partial charge in [0.1, 0.15) is 12.0 Å². The number of esters is 1. The number of H-pyrrole nitrogens is 1. The number of benzene rings is 1. The zero-order chi connectivity index (χ0) is 13.8. The Balaban J connectivity index is 2.58. The fourth-order valence-corrected chi connectivity index (χ4v) is 2.27. The number of ether oxygens (including phenoxy) is 1. The normalized spacial score (nSPS) is 10.6. The summed E-state index contributed by atoms with van der Waals surface area (Å²) in [7, 11) is 0. The molecule has 0 saturated heterocycles. The molecular weight excluding hydrogens is 266 g/mol. The summed E-state index contributed by atoms with van der Waals surface area (Å²) in [5.41, 5.74) is 2.55. The molecule has 1 heterocycles. The Labute approximate surface area is 115 Å². The monoisotopic (exact) mass is 279 g/mol. The molecule has 1 aromatic carbocycles. The van der Waals surface area contributed by atoms with Crippen molar-refractivity contribution in [3.8, 4) is 0 Å². The molecule has 1 aromatic heterocycles. The Morgan fingerprint density at radius 3 is 2.89 bits per heavy atom. The topological polar surface area (TPSA) is 59.2 Å². The molecule has 2 rings (SSSR count). The smallest absolute Gasteiger partial charge is 0.355 e. The number of alkyl halides is 1. The van der Waals surface area contributed by atoms with Crippen molar-refractivity contribution in [3.05, 3.63) is 35.0 Å². The Bertz CT molecular complexity index is 618. The van der Waals surface area contributed by atoms with Crippen LogP contribution in [0, 0.1) is 0 Å². The lowest BCUT2D eigenvalue weighted by atomic mass is 10.1. The molecule has 4 nitrogen and oxygen atoms in total. The van der Waals surface area contributed by atoms with Gasteiger partial charge in [0, 0.05) is 22.3 Å². The maximum Gasteiger partial charge on any atom is 0.355 e. The van der Waals surface area contributed by atoms with Crippen molar-refractivity contribution < 1.29 is 14.3 Å². The third kappa shape index (κ3) is 2.63. The molecule has 0 unspecified atom stereocenters. The lowest BCUT2D eigenvalue weighted by Crippen LogP contribution is -2.08. The van der Waals surface area contributed by atoms with Crippen LogP contribution in [-0.2, 0) is 11.2 Å². The Morgan fingerprint density at radius 2 is 2.26 bits per heavy atom. The van der Waals surface area contributed by atoms with Gasteiger partial charge >= 0.3 is 5.97 Å². The fourth-order valence-electron chi connectivity index (χ4n) is 2.08. The molecule has 0 aliphatic rings. The summed E-state index contributed by atoms with van der Waals surface area (Å²) < 4.78 is 5.02. The number of nitrogens with one attached hydrogen (secondary N) is 1. The largest absolute Gasteiger partial charge is 0.461 e. The molecule has 0 saturated carbocycles. The standard InChI is InChI=1S/C14H14ClNO3/c1-2-19-14(18)13-11(5-6-15)10-4-3-9(8-17)7-12(10)16-13/h3-4,7-8,16H,2,5-6H2,1H3. The van der Waals surface area contributed by atoms with Crippen LogP contribution >= 0.6 is 11.6 Å². The summed E-state index contributed by atoms with van der Waals surface area (Å²) in [6.07, 6.45) is 1.33. The van der Waals surface area contributed by atoms with Gasteiger partial charge in [-0.2, -0.15) is 0 Å². The predicted octanol–water partition coefficient (Wildman–Crippen LogP) is 2.94. The molecule has 0 amide bonds. The number of aryl methyl sites for hydroxylation is 1. The van der Waals surface area contributed by atoms with E-state index in [9.17, 15) is 9.59 Å². The number of aromatic nitrogens is 1. The molecule has 0 aliphatic carbocycles. The highest BCUT2D eigenvalue weighted by molar-refractivity contribution is 6.18. The lowest BCUT2D eigenvalue weighted by Gasteiger charge is -2.02. The number of hydrogen-bond donors (Lipinski definition) is 1. The highest BCUT2D eigenvalue weighted by atomic mass is 35.5. The summed E-state index contributed by atoms with van der Waals surface area (Å²) in [5.74, 6) is 0.0147. The second-order valence-electron chi connectivity index (χ2n) is 4.06. The van der Waals surface area contributed by atoms with Gasteiger partial charge in [0.05, 0.1) is 6.61 Å². The minimum atomic E-state index is -0.397. The van der Waals surface area contributed by atoms with Gasteiger partial charge in [-0.25, -0.2) is 4.79 Å². The first-order valence-corrected chi connectivity index (χ1v) is 6.57. The number of aromatic amines is 1. The Hall–Kier alpha value is -1.81. The molecule has 0 aliphatic heterocycles. The minimum absolute atomic E-state index is 0.314. The van der Waals surface area contributed by atoms with Crippen molar-refractivity contribution in [3.63, 3.8) is 0 Å². The first kappa shape index (κ1) is 13.6. The van der Waals surface area contributed by atoms with Crippen LogP contribution in [0.4, 0.5) is 0 Å². The highest BCUT2D eigenvalue weighted by Crippen LogP contribution is 2.25. The number of carbonyl (C=O) groups excluding carboxylic acids is 2. The molecule has 1 N–H and O–H groups in total. The van der Waals surface area contributed by atoms with Gasteiger partial charge in [0.2, 0.25) is 0 Å². The van der Waals surface area contributed by atoms with E-state index in [1.165, 1.54) is 0 Å². The van der Waals surface area contributed by atoms with Crippen LogP contribution in [0.15, 0.2) is 18.2 Å². The summed E-state index contributed by atoms with van der Waals surface area (Å²) in [5, 5.41) is 0.898. The van der Waals surface area contributed by atoms with E-state index < -0.39 is 5.97 Å². The van der Waals surface area contributed by atoms with E-state index in [-0.39, 0.29) is 0 Å². The number of carbonyl (C=O) groups is 2. The van der Waals surface area contributed by atoms with Gasteiger partial charge in [-0.3, -0.25) is 4.79 Å². The SMILES string of the molecule is CCOC(=O)c1[nH]c2cc(C=O)ccc2c1CCCl. The molecule has 5 heteroatoms. The molecule has 2 aromatic rings. The Kier molecular flexibility index (Phi) is 4.22. The maximum absolute atomic E-state index is 11.9. The van der Waals surface area contributed by atoms with Gasteiger partial charge < -0.3 is 9.72 Å². The van der Waals surface area contributed by atoms with E-state index in [2.05, 4.69) is 4.98 Å². The molecule has 100 valence electrons. The van der Waals surface area contributed by atoms with Gasteiger partial charge in [0.15, 0.2) is 0 Å². The van der Waals surface area contributed by atoms with Crippen molar-refractivity contribution in [2.75, 3.05) is 12.5 Å². The zero-order valence-corrected chi connectivity index (χ0v) is 11.3. The third-order valence-electron chi connectivity index (χ3n) is 2.89. The van der Waals surface area contributed by atoms with Gasteiger partial charge in [0.25, 0.3) is 0 Å². The van der Waals surface area contributed by atoms with Crippen molar-refractivity contribution in [1.82, 2.24) is 4.98 Å². The molecule has 0 radical (unpaired) electrons. The summed E-state index contributed by atoms with van der Waals surface area (Å²) in [6, 6.07) is 5.25. The van der Waals surface area contributed by atoms with Crippen LogP contribution in [0.2, 0.25) is 0 Å². The van der Waals surface area contributed by atoms with E-state index in [1.807, 2.05) is 6.07 Å². The highest BCUT2D eigenvalue weighted by Gasteiger charge is 2.18. The molecule has 0 spiro atoms. The van der Waals surface area contributed by atoms with Crippen molar-refractivity contribution in [2.45, 2.75) is 13.3 Å². The Morgan fingerprint density at radius 1 is 1.47 bits per heavy atom. The zero-order valence-electron chi connectivity index (χ0n) is 10.5. The molecule has 0 bridgehead atoms. The van der Waals surface area contributed by atoms with Gasteiger partial charge in [-0.15, -0.1) is 11.6 Å². The van der Waals surface area contributed by atoms with Crippen molar-refractivity contribution in [1.29, 1.82) is 0 Å². The summed E-state index contributed by atoms with van der Waals surface area (Å²) >= 11 is 5.78. The van der Waals surface area contributed by atoms with E-state index in [0.29, 0.717) is 30.2 Å². The van der Waals surface area contributed by atoms with Crippen molar-refractivity contribution in [2.24, 2.45) is 0 Å². The van der Waals surface area contributed by atoms with Gasteiger partial charge in [-0.05, 0) is 25.0 Å². The number of rotatable bonds is 5. The van der Waals surface area contributed by atoms with E-state index in [0.717, 1.165) is 22.8 Å².